The Balaban J connectivity index is 1.55. The maximum Gasteiger partial charge on any atom is 0.167 e. The third kappa shape index (κ3) is 3.06. The fourth-order valence-corrected chi connectivity index (χ4v) is 3.74. The molecule has 3 aromatic rings. The normalized spacial score (nSPS) is 25.8. The van der Waals surface area contributed by atoms with Gasteiger partial charge in [0, 0.05) is 6.54 Å². The Kier molecular flexibility index (Phi) is 4.83. The molecule has 9 nitrogen and oxygen atoms in total. The lowest BCUT2D eigenvalue weighted by Gasteiger charge is -2.16. The molecule has 0 amide bonds. The molecule has 4 N–H and O–H groups in total. The van der Waals surface area contributed by atoms with Crippen molar-refractivity contribution in [3.63, 3.8) is 0 Å². The van der Waals surface area contributed by atoms with Crippen molar-refractivity contribution in [3.05, 3.63) is 35.0 Å². The molecule has 0 unspecified atom stereocenters. The van der Waals surface area contributed by atoms with Gasteiger partial charge in [0.25, 0.3) is 0 Å². The number of anilines is 1. The van der Waals surface area contributed by atoms with Gasteiger partial charge < -0.3 is 25.4 Å². The zero-order valence-corrected chi connectivity index (χ0v) is 14.6. The van der Waals surface area contributed by atoms with Gasteiger partial charge in [-0.05, 0) is 28.8 Å². The summed E-state index contributed by atoms with van der Waals surface area (Å²) in [4.78, 5) is 12.8. The summed E-state index contributed by atoms with van der Waals surface area (Å²) in [6, 6.07) is 2.08. The Morgan fingerprint density at radius 1 is 1.23 bits per heavy atom. The van der Waals surface area contributed by atoms with Gasteiger partial charge in [-0.15, -0.1) is 0 Å². The first kappa shape index (κ1) is 17.3. The lowest BCUT2D eigenvalue weighted by Crippen LogP contribution is -2.33. The first-order valence-electron chi connectivity index (χ1n) is 8.24. The summed E-state index contributed by atoms with van der Waals surface area (Å²) in [6.07, 6.45) is -0.316. The van der Waals surface area contributed by atoms with Crippen LogP contribution >= 0.6 is 11.3 Å². The molecule has 138 valence electrons. The second-order valence-electron chi connectivity index (χ2n) is 6.08. The van der Waals surface area contributed by atoms with Gasteiger partial charge in [0.15, 0.2) is 23.2 Å². The molecule has 0 aliphatic carbocycles. The number of rotatable bonds is 6. The highest BCUT2D eigenvalue weighted by Crippen LogP contribution is 2.32. The number of nitrogens with zero attached hydrogens (tertiary/aromatic N) is 4. The van der Waals surface area contributed by atoms with Crippen molar-refractivity contribution in [2.75, 3.05) is 18.5 Å². The van der Waals surface area contributed by atoms with Crippen LogP contribution in [0, 0.1) is 0 Å². The Hall–Kier alpha value is -2.11. The van der Waals surface area contributed by atoms with Crippen LogP contribution in [0.1, 0.15) is 11.8 Å². The lowest BCUT2D eigenvalue weighted by atomic mass is 10.1. The van der Waals surface area contributed by atoms with Crippen LogP contribution in [-0.4, -0.2) is 66.3 Å². The van der Waals surface area contributed by atoms with Gasteiger partial charge in [0.2, 0.25) is 0 Å². The van der Waals surface area contributed by atoms with Crippen LogP contribution in [-0.2, 0) is 11.2 Å². The van der Waals surface area contributed by atoms with E-state index in [0.29, 0.717) is 23.5 Å². The second kappa shape index (κ2) is 7.25. The van der Waals surface area contributed by atoms with Gasteiger partial charge in [0.05, 0.1) is 12.9 Å². The molecule has 1 aliphatic rings. The Labute approximate surface area is 152 Å². The highest BCUT2D eigenvalue weighted by atomic mass is 32.1. The molecule has 0 aromatic carbocycles. The van der Waals surface area contributed by atoms with E-state index in [1.54, 1.807) is 15.9 Å². The van der Waals surface area contributed by atoms with E-state index in [2.05, 4.69) is 31.7 Å². The summed E-state index contributed by atoms with van der Waals surface area (Å²) in [6.45, 7) is 0.315. The van der Waals surface area contributed by atoms with Crippen LogP contribution in [0.25, 0.3) is 11.2 Å². The molecule has 1 saturated heterocycles. The number of thiophene rings is 1. The molecule has 26 heavy (non-hydrogen) atoms. The molecule has 4 heterocycles. The molecule has 4 rings (SSSR count). The predicted octanol–water partition coefficient (Wildman–Crippen LogP) is 0.154. The molecule has 10 heteroatoms. The minimum Gasteiger partial charge on any atom is -0.394 e. The smallest absolute Gasteiger partial charge is 0.167 e. The second-order valence-corrected chi connectivity index (χ2v) is 6.86. The number of hydrogen-bond donors (Lipinski definition) is 4. The SMILES string of the molecule is OC[C@H]1O[C@@H](n2cnc3c(NCCc4ccsc4)ncnc32)[C@@H](O)[C@H]1O. The summed E-state index contributed by atoms with van der Waals surface area (Å²) in [5.74, 6) is 0.593. The van der Waals surface area contributed by atoms with E-state index in [1.807, 2.05) is 5.38 Å². The zero-order chi connectivity index (χ0) is 18.1. The van der Waals surface area contributed by atoms with Gasteiger partial charge >= 0.3 is 0 Å². The molecule has 0 spiro atoms. The van der Waals surface area contributed by atoms with Crippen molar-refractivity contribution in [1.29, 1.82) is 0 Å². The average Bonchev–Trinajstić information content (AvgIpc) is 3.37. The van der Waals surface area contributed by atoms with Gasteiger partial charge in [0.1, 0.15) is 24.6 Å². The van der Waals surface area contributed by atoms with Crippen LogP contribution in [0.5, 0.6) is 0 Å². The highest BCUT2D eigenvalue weighted by molar-refractivity contribution is 7.07. The van der Waals surface area contributed by atoms with Crippen LogP contribution in [0.2, 0.25) is 0 Å². The Morgan fingerprint density at radius 2 is 2.12 bits per heavy atom. The molecular weight excluding hydrogens is 358 g/mol. The molecule has 0 radical (unpaired) electrons. The van der Waals surface area contributed by atoms with E-state index in [1.165, 1.54) is 18.2 Å². The molecule has 0 bridgehead atoms. The topological polar surface area (TPSA) is 126 Å². The van der Waals surface area contributed by atoms with Crippen LogP contribution in [0.4, 0.5) is 5.82 Å². The number of nitrogens with one attached hydrogen (secondary N) is 1. The van der Waals surface area contributed by atoms with Crippen molar-refractivity contribution in [2.24, 2.45) is 0 Å². The first-order chi connectivity index (χ1) is 12.7. The minimum atomic E-state index is -1.19. The summed E-state index contributed by atoms with van der Waals surface area (Å²) >= 11 is 1.66. The summed E-state index contributed by atoms with van der Waals surface area (Å²) in [5.41, 5.74) is 2.29. The predicted molar refractivity (Wildman–Crippen MR) is 94.8 cm³/mol. The number of aliphatic hydroxyl groups excluding tert-OH is 3. The number of aliphatic hydroxyl groups is 3. The highest BCUT2D eigenvalue weighted by Gasteiger charge is 2.44. The summed E-state index contributed by atoms with van der Waals surface area (Å²) in [7, 11) is 0. The maximum absolute atomic E-state index is 10.2. The zero-order valence-electron chi connectivity index (χ0n) is 13.8. The number of hydrogen-bond acceptors (Lipinski definition) is 9. The molecule has 3 aromatic heterocycles. The third-order valence-corrected chi connectivity index (χ3v) is 5.17. The number of ether oxygens (including phenoxy) is 1. The monoisotopic (exact) mass is 377 g/mol. The average molecular weight is 377 g/mol. The third-order valence-electron chi connectivity index (χ3n) is 4.44. The number of fused-ring (bicyclic) bond motifs is 1. The van der Waals surface area contributed by atoms with Crippen molar-refractivity contribution in [2.45, 2.75) is 31.0 Å². The molecule has 0 saturated carbocycles. The van der Waals surface area contributed by atoms with Crippen LogP contribution in [0.3, 0.4) is 0 Å². The van der Waals surface area contributed by atoms with Crippen molar-refractivity contribution >= 4 is 28.3 Å². The molecular formula is C16H19N5O4S. The van der Waals surface area contributed by atoms with Crippen molar-refractivity contribution in [1.82, 2.24) is 19.5 Å². The molecule has 1 fully saturated rings. The van der Waals surface area contributed by atoms with Gasteiger partial charge in [-0.1, -0.05) is 0 Å². The number of imidazole rings is 1. The largest absolute Gasteiger partial charge is 0.394 e. The molecule has 1 aliphatic heterocycles. The van der Waals surface area contributed by atoms with Crippen LogP contribution < -0.4 is 5.32 Å². The van der Waals surface area contributed by atoms with Crippen LogP contribution in [0.15, 0.2) is 29.5 Å². The summed E-state index contributed by atoms with van der Waals surface area (Å²) in [5, 5.41) is 36.8. The Bertz CT molecular complexity index is 871. The standard InChI is InChI=1S/C16H19N5O4S/c22-5-10-12(23)13(24)16(25-10)21-8-20-11-14(18-7-19-15(11)21)17-3-1-9-2-4-26-6-9/h2,4,6-8,10,12-13,16,22-24H,1,3,5H2,(H,17,18,19)/t10-,12+,13+,16-/m1/s1. The lowest BCUT2D eigenvalue weighted by molar-refractivity contribution is -0.0511. The number of aromatic nitrogens is 4. The van der Waals surface area contributed by atoms with E-state index < -0.39 is 24.5 Å². The minimum absolute atomic E-state index is 0.383. The molecule has 4 atom stereocenters. The van der Waals surface area contributed by atoms with E-state index in [0.717, 1.165) is 6.42 Å². The fraction of sp³-hybridized carbons (Fsp3) is 0.438. The van der Waals surface area contributed by atoms with Crippen molar-refractivity contribution < 1.29 is 20.1 Å². The van der Waals surface area contributed by atoms with Gasteiger partial charge in [-0.3, -0.25) is 4.57 Å². The van der Waals surface area contributed by atoms with Gasteiger partial charge in [-0.25, -0.2) is 15.0 Å². The quantitative estimate of drug-likeness (QED) is 0.478. The van der Waals surface area contributed by atoms with Gasteiger partial charge in [-0.2, -0.15) is 11.3 Å². The maximum atomic E-state index is 10.2. The Morgan fingerprint density at radius 3 is 2.85 bits per heavy atom. The van der Waals surface area contributed by atoms with E-state index in [9.17, 15) is 15.3 Å². The summed E-state index contributed by atoms with van der Waals surface area (Å²) < 4.78 is 7.10. The van der Waals surface area contributed by atoms with Crippen molar-refractivity contribution in [3.8, 4) is 0 Å². The fourth-order valence-electron chi connectivity index (χ4n) is 3.04. The van der Waals surface area contributed by atoms with E-state index in [-0.39, 0.29) is 6.61 Å². The van der Waals surface area contributed by atoms with E-state index >= 15 is 0 Å². The van der Waals surface area contributed by atoms with E-state index in [4.69, 9.17) is 4.74 Å². The first-order valence-corrected chi connectivity index (χ1v) is 9.18.